The second kappa shape index (κ2) is 10.1. The highest BCUT2D eigenvalue weighted by Gasteiger charge is 2.63. The molecule has 1 N–H and O–H groups in total. The lowest BCUT2D eigenvalue weighted by Crippen LogP contribution is -2.42. The Labute approximate surface area is 195 Å². The van der Waals surface area contributed by atoms with Gasteiger partial charge < -0.3 is 4.74 Å². The number of benzene rings is 3. The third-order valence-corrected chi connectivity index (χ3v) is 10.0. The van der Waals surface area contributed by atoms with E-state index in [2.05, 4.69) is 24.3 Å². The molecule has 0 heterocycles. The van der Waals surface area contributed by atoms with E-state index in [1.165, 1.54) is 0 Å². The lowest BCUT2D eigenvalue weighted by atomic mass is 10.4. The van der Waals surface area contributed by atoms with Gasteiger partial charge in [-0.2, -0.15) is 8.78 Å². The predicted octanol–water partition coefficient (Wildman–Crippen LogP) is 5.84. The number of esters is 1. The van der Waals surface area contributed by atoms with Crippen molar-refractivity contribution in [2.45, 2.75) is 19.9 Å². The highest BCUT2D eigenvalue weighted by Crippen LogP contribution is 2.68. The van der Waals surface area contributed by atoms with Crippen LogP contribution in [0.4, 0.5) is 8.78 Å². The minimum Gasteiger partial charge on any atom is -0.459 e. The standard InChI is InChI=1S/C22H19BrF2O5S2/c23-16-17-29-21(26)22(24,25)32(27,28)30-31(18-10-4-1-5-11-18,19-12-6-2-7-13-19)20-14-8-3-9-15-20/h1-15H,16-17H2/p+1. The number of carbonyl (C=O) groups is 1. The molecular formula is C22H20BrF2O5S2+. The summed E-state index contributed by atoms with van der Waals surface area (Å²) in [5.41, 5.74) is 0. The van der Waals surface area contributed by atoms with Crippen molar-refractivity contribution in [1.82, 2.24) is 0 Å². The molecule has 170 valence electrons. The average Bonchev–Trinajstić information content (AvgIpc) is 2.82. The summed E-state index contributed by atoms with van der Waals surface area (Å²) in [6, 6.07) is 25.0. The zero-order valence-corrected chi connectivity index (χ0v) is 19.8. The molecule has 0 radical (unpaired) electrons. The van der Waals surface area contributed by atoms with Crippen molar-refractivity contribution in [1.29, 1.82) is 0 Å². The van der Waals surface area contributed by atoms with Crippen LogP contribution in [-0.4, -0.2) is 35.2 Å². The highest BCUT2D eigenvalue weighted by molar-refractivity contribution is 9.09. The first-order chi connectivity index (χ1) is 15.3. The molecule has 0 aliphatic rings. The molecule has 0 atom stereocenters. The fourth-order valence-electron chi connectivity index (χ4n) is 2.90. The summed E-state index contributed by atoms with van der Waals surface area (Å²) in [6.07, 6.45) is 0. The van der Waals surface area contributed by atoms with E-state index in [4.69, 9.17) is 0 Å². The molecule has 0 bridgehead atoms. The van der Waals surface area contributed by atoms with Crippen molar-refractivity contribution in [3.63, 3.8) is 0 Å². The number of halogens is 3. The summed E-state index contributed by atoms with van der Waals surface area (Å²) in [7, 11) is -8.74. The van der Waals surface area contributed by atoms with Crippen LogP contribution in [0.3, 0.4) is 0 Å². The maximum absolute atomic E-state index is 14.8. The first-order valence-electron chi connectivity index (χ1n) is 9.34. The summed E-state index contributed by atoms with van der Waals surface area (Å²) in [5.74, 6) is -2.16. The van der Waals surface area contributed by atoms with Crippen molar-refractivity contribution < 1.29 is 30.4 Å². The predicted molar refractivity (Wildman–Crippen MR) is 123 cm³/mol. The van der Waals surface area contributed by atoms with Gasteiger partial charge in [0.25, 0.3) is 0 Å². The lowest BCUT2D eigenvalue weighted by Gasteiger charge is -2.35. The lowest BCUT2D eigenvalue weighted by molar-refractivity contribution is -0.160. The molecule has 0 saturated carbocycles. The Morgan fingerprint density at radius 3 is 1.53 bits per heavy atom. The number of ether oxygens (including phenoxy) is 1. The first kappa shape index (κ1) is 24.4. The van der Waals surface area contributed by atoms with E-state index in [0.717, 1.165) is 0 Å². The van der Waals surface area contributed by atoms with Gasteiger partial charge >= 0.3 is 21.3 Å². The molecule has 0 aromatic heterocycles. The van der Waals surface area contributed by atoms with Gasteiger partial charge in [-0.3, -0.25) is 3.63 Å². The largest absolute Gasteiger partial charge is 0.514 e. The van der Waals surface area contributed by atoms with Gasteiger partial charge in [0, 0.05) is 5.33 Å². The van der Waals surface area contributed by atoms with E-state index in [1.54, 1.807) is 91.0 Å². The third kappa shape index (κ3) is 4.73. The van der Waals surface area contributed by atoms with Crippen molar-refractivity contribution in [3.05, 3.63) is 91.0 Å². The maximum atomic E-state index is 14.8. The molecule has 10 heteroatoms. The Bertz CT molecular complexity index is 1050. The molecule has 3 rings (SSSR count). The van der Waals surface area contributed by atoms with Crippen LogP contribution >= 0.6 is 26.2 Å². The summed E-state index contributed by atoms with van der Waals surface area (Å²) in [4.78, 5) is 13.2. The Kier molecular flexibility index (Phi) is 7.71. The summed E-state index contributed by atoms with van der Waals surface area (Å²) >= 11 is 2.94. The van der Waals surface area contributed by atoms with Crippen molar-refractivity contribution in [3.8, 4) is 0 Å². The van der Waals surface area contributed by atoms with E-state index in [9.17, 15) is 22.0 Å². The Hall–Kier alpha value is -2.27. The molecule has 3 aromatic rings. The molecular weight excluding hydrogens is 526 g/mol. The SMILES string of the molecule is O=C(OCCBr)C(F)(F)S(=O)(=O)[OH+]S(c1ccccc1)(c1ccccc1)c1ccccc1. The van der Waals surface area contributed by atoms with Crippen LogP contribution in [0.25, 0.3) is 0 Å². The smallest absolute Gasteiger partial charge is 0.459 e. The fourth-order valence-corrected chi connectivity index (χ4v) is 8.39. The molecule has 0 saturated heterocycles. The van der Waals surface area contributed by atoms with E-state index in [0.29, 0.717) is 14.7 Å². The Morgan fingerprint density at radius 1 is 0.812 bits per heavy atom. The van der Waals surface area contributed by atoms with Gasteiger partial charge in [0.15, 0.2) is 0 Å². The number of hydrogen-bond acceptors (Lipinski definition) is 4. The van der Waals surface area contributed by atoms with E-state index < -0.39 is 38.3 Å². The second-order valence-electron chi connectivity index (χ2n) is 6.41. The normalized spacial score (nSPS) is 12.8. The quantitative estimate of drug-likeness (QED) is 0.146. The molecule has 5 nitrogen and oxygen atoms in total. The first-order valence-corrected chi connectivity index (χ1v) is 13.5. The van der Waals surface area contributed by atoms with Crippen LogP contribution in [0.1, 0.15) is 0 Å². The van der Waals surface area contributed by atoms with Crippen molar-refractivity contribution >= 4 is 42.3 Å². The van der Waals surface area contributed by atoms with Gasteiger partial charge in [0.1, 0.15) is 6.61 Å². The second-order valence-corrected chi connectivity index (χ2v) is 11.8. The molecule has 0 spiro atoms. The maximum Gasteiger partial charge on any atom is 0.514 e. The zero-order chi connectivity index (χ0) is 23.2. The van der Waals surface area contributed by atoms with Gasteiger partial charge in [-0.1, -0.05) is 70.5 Å². The minimum atomic E-state index is -5.65. The van der Waals surface area contributed by atoms with Crippen LogP contribution in [0, 0.1) is 0 Å². The Morgan fingerprint density at radius 2 is 1.19 bits per heavy atom. The summed E-state index contributed by atoms with van der Waals surface area (Å²) < 4.78 is 63.9. The van der Waals surface area contributed by atoms with Gasteiger partial charge in [-0.15, -0.1) is 8.42 Å². The van der Waals surface area contributed by atoms with Gasteiger partial charge in [0.05, 0.1) is 25.0 Å². The minimum absolute atomic E-state index is 0.0826. The van der Waals surface area contributed by atoms with Crippen LogP contribution < -0.4 is 0 Å². The molecule has 0 amide bonds. The topological polar surface area (TPSA) is 73.2 Å². The summed E-state index contributed by atoms with van der Waals surface area (Å²) in [5, 5.41) is -4.77. The number of alkyl halides is 3. The fraction of sp³-hybridized carbons (Fsp3) is 0.136. The van der Waals surface area contributed by atoms with Gasteiger partial charge in [-0.05, 0) is 36.4 Å². The molecule has 0 aliphatic heterocycles. The Balaban J connectivity index is 2.25. The van der Waals surface area contributed by atoms with E-state index >= 15 is 0 Å². The number of rotatable bonds is 9. The van der Waals surface area contributed by atoms with Crippen LogP contribution in [0.5, 0.6) is 0 Å². The van der Waals surface area contributed by atoms with Crippen molar-refractivity contribution in [2.24, 2.45) is 0 Å². The highest BCUT2D eigenvalue weighted by atomic mass is 79.9. The molecule has 0 unspecified atom stereocenters. The van der Waals surface area contributed by atoms with Gasteiger partial charge in [-0.25, -0.2) is 4.79 Å². The molecule has 3 aromatic carbocycles. The third-order valence-electron chi connectivity index (χ3n) is 4.33. The monoisotopic (exact) mass is 545 g/mol. The molecule has 0 fully saturated rings. The average molecular weight is 546 g/mol. The van der Waals surface area contributed by atoms with Gasteiger partial charge in [0.2, 0.25) is 0 Å². The molecule has 32 heavy (non-hydrogen) atoms. The van der Waals surface area contributed by atoms with Crippen LogP contribution in [0.15, 0.2) is 106 Å². The molecule has 0 aliphatic carbocycles. The van der Waals surface area contributed by atoms with Crippen molar-refractivity contribution in [2.75, 3.05) is 11.9 Å². The number of hydrogen-bond donors (Lipinski definition) is 0. The van der Waals surface area contributed by atoms with E-state index in [-0.39, 0.29) is 5.33 Å². The van der Waals surface area contributed by atoms with Crippen LogP contribution in [-0.2, 0) is 19.6 Å². The van der Waals surface area contributed by atoms with Crippen LogP contribution in [0.2, 0.25) is 0 Å². The van der Waals surface area contributed by atoms with E-state index in [1.807, 2.05) is 0 Å². The summed E-state index contributed by atoms with van der Waals surface area (Å²) in [6.45, 7) is -0.405. The zero-order valence-electron chi connectivity index (χ0n) is 16.6. The number of carbonyl (C=O) groups excluding carboxylic acids is 1.